The van der Waals surface area contributed by atoms with Gasteiger partial charge >= 0.3 is 0 Å². The van der Waals surface area contributed by atoms with Gasteiger partial charge in [0.15, 0.2) is 0 Å². The summed E-state index contributed by atoms with van der Waals surface area (Å²) < 4.78 is 5.14. The SMILES string of the molecule is COc1ccc(CCC(C)NC(=O)C2CCNC2)cc1. The van der Waals surface area contributed by atoms with E-state index in [-0.39, 0.29) is 17.9 Å². The molecule has 1 fully saturated rings. The Hall–Kier alpha value is -1.55. The van der Waals surface area contributed by atoms with Crippen LogP contribution in [0.4, 0.5) is 0 Å². The molecule has 2 rings (SSSR count). The van der Waals surface area contributed by atoms with Gasteiger partial charge in [-0.1, -0.05) is 12.1 Å². The van der Waals surface area contributed by atoms with Crippen LogP contribution in [0.1, 0.15) is 25.3 Å². The third kappa shape index (κ3) is 4.23. The van der Waals surface area contributed by atoms with Crippen LogP contribution < -0.4 is 15.4 Å². The first-order chi connectivity index (χ1) is 9.69. The van der Waals surface area contributed by atoms with Crippen LogP contribution in [0.5, 0.6) is 5.75 Å². The quantitative estimate of drug-likeness (QED) is 0.832. The molecule has 1 amide bonds. The summed E-state index contributed by atoms with van der Waals surface area (Å²) in [6.45, 7) is 3.85. The van der Waals surface area contributed by atoms with Crippen LogP contribution in [0.25, 0.3) is 0 Å². The van der Waals surface area contributed by atoms with Gasteiger partial charge in [0, 0.05) is 12.6 Å². The lowest BCUT2D eigenvalue weighted by molar-refractivity contribution is -0.125. The van der Waals surface area contributed by atoms with E-state index in [0.717, 1.165) is 38.1 Å². The van der Waals surface area contributed by atoms with Crippen molar-refractivity contribution in [2.45, 2.75) is 32.2 Å². The number of benzene rings is 1. The van der Waals surface area contributed by atoms with E-state index in [9.17, 15) is 4.79 Å². The molecule has 0 radical (unpaired) electrons. The van der Waals surface area contributed by atoms with E-state index in [2.05, 4.69) is 29.7 Å². The molecule has 1 saturated heterocycles. The van der Waals surface area contributed by atoms with E-state index >= 15 is 0 Å². The number of carbonyl (C=O) groups is 1. The summed E-state index contributed by atoms with van der Waals surface area (Å²) >= 11 is 0. The molecule has 1 heterocycles. The van der Waals surface area contributed by atoms with Crippen LogP contribution in [0, 0.1) is 5.92 Å². The second-order valence-electron chi connectivity index (χ2n) is 5.49. The molecule has 0 bridgehead atoms. The van der Waals surface area contributed by atoms with E-state index in [1.807, 2.05) is 12.1 Å². The van der Waals surface area contributed by atoms with E-state index in [4.69, 9.17) is 4.74 Å². The minimum atomic E-state index is 0.151. The lowest BCUT2D eigenvalue weighted by Crippen LogP contribution is -2.38. The smallest absolute Gasteiger partial charge is 0.224 e. The third-order valence-electron chi connectivity index (χ3n) is 3.84. The number of amides is 1. The summed E-state index contributed by atoms with van der Waals surface area (Å²) in [7, 11) is 1.67. The number of aryl methyl sites for hydroxylation is 1. The maximum Gasteiger partial charge on any atom is 0.224 e. The number of rotatable bonds is 6. The van der Waals surface area contributed by atoms with Crippen molar-refractivity contribution in [3.05, 3.63) is 29.8 Å². The molecule has 0 aliphatic carbocycles. The second kappa shape index (κ2) is 7.29. The van der Waals surface area contributed by atoms with Crippen molar-refractivity contribution in [1.29, 1.82) is 0 Å². The lowest BCUT2D eigenvalue weighted by Gasteiger charge is -2.16. The standard InChI is InChI=1S/C16H24N2O2/c1-12(18-16(19)14-9-10-17-11-14)3-4-13-5-7-15(20-2)8-6-13/h5-8,12,14,17H,3-4,9-11H2,1-2H3,(H,18,19). The van der Waals surface area contributed by atoms with E-state index in [0.29, 0.717) is 0 Å². The molecule has 20 heavy (non-hydrogen) atoms. The highest BCUT2D eigenvalue weighted by atomic mass is 16.5. The predicted molar refractivity (Wildman–Crippen MR) is 79.9 cm³/mol. The first-order valence-corrected chi connectivity index (χ1v) is 7.33. The maximum atomic E-state index is 12.0. The molecule has 1 aliphatic heterocycles. The fraction of sp³-hybridized carbons (Fsp3) is 0.562. The van der Waals surface area contributed by atoms with Gasteiger partial charge in [0.2, 0.25) is 5.91 Å². The lowest BCUT2D eigenvalue weighted by atomic mass is 10.0. The number of carbonyl (C=O) groups excluding carboxylic acids is 1. The number of nitrogens with one attached hydrogen (secondary N) is 2. The molecule has 1 aliphatic rings. The van der Waals surface area contributed by atoms with Gasteiger partial charge in [0.05, 0.1) is 13.0 Å². The molecule has 0 saturated carbocycles. The molecule has 4 nitrogen and oxygen atoms in total. The van der Waals surface area contributed by atoms with Gasteiger partial charge in [-0.25, -0.2) is 0 Å². The molecule has 0 aromatic heterocycles. The van der Waals surface area contributed by atoms with Crippen molar-refractivity contribution in [2.24, 2.45) is 5.92 Å². The van der Waals surface area contributed by atoms with Crippen molar-refractivity contribution in [2.75, 3.05) is 20.2 Å². The molecule has 4 heteroatoms. The van der Waals surface area contributed by atoms with Crippen LogP contribution in [-0.2, 0) is 11.2 Å². The zero-order valence-corrected chi connectivity index (χ0v) is 12.3. The van der Waals surface area contributed by atoms with Gasteiger partial charge in [-0.05, 0) is 50.4 Å². The Morgan fingerprint density at radius 2 is 2.20 bits per heavy atom. The van der Waals surface area contributed by atoms with Crippen molar-refractivity contribution >= 4 is 5.91 Å². The minimum Gasteiger partial charge on any atom is -0.497 e. The summed E-state index contributed by atoms with van der Waals surface area (Å²) in [5, 5.41) is 6.33. The highest BCUT2D eigenvalue weighted by Crippen LogP contribution is 2.13. The number of hydrogen-bond acceptors (Lipinski definition) is 3. The molecular weight excluding hydrogens is 252 g/mol. The zero-order valence-electron chi connectivity index (χ0n) is 12.3. The average Bonchev–Trinajstić information content (AvgIpc) is 3.00. The Morgan fingerprint density at radius 3 is 2.80 bits per heavy atom. The molecule has 1 aromatic carbocycles. The highest BCUT2D eigenvalue weighted by molar-refractivity contribution is 5.79. The predicted octanol–water partition coefficient (Wildman–Crippen LogP) is 1.74. The molecule has 1 aromatic rings. The summed E-state index contributed by atoms with van der Waals surface area (Å²) in [5.74, 6) is 1.22. The number of hydrogen-bond donors (Lipinski definition) is 2. The Kier molecular flexibility index (Phi) is 5.41. The Labute approximate surface area is 120 Å². The van der Waals surface area contributed by atoms with Crippen LogP contribution in [0.15, 0.2) is 24.3 Å². The fourth-order valence-corrected chi connectivity index (χ4v) is 2.49. The van der Waals surface area contributed by atoms with Crippen molar-refractivity contribution in [3.8, 4) is 5.75 Å². The summed E-state index contributed by atoms with van der Waals surface area (Å²) in [4.78, 5) is 12.0. The normalized spacial score (nSPS) is 19.6. The Morgan fingerprint density at radius 1 is 1.45 bits per heavy atom. The van der Waals surface area contributed by atoms with Gasteiger partial charge in [-0.3, -0.25) is 4.79 Å². The van der Waals surface area contributed by atoms with E-state index in [1.54, 1.807) is 7.11 Å². The van der Waals surface area contributed by atoms with E-state index < -0.39 is 0 Å². The molecule has 2 N–H and O–H groups in total. The number of ether oxygens (including phenoxy) is 1. The molecular formula is C16H24N2O2. The van der Waals surface area contributed by atoms with E-state index in [1.165, 1.54) is 5.56 Å². The maximum absolute atomic E-state index is 12.0. The largest absolute Gasteiger partial charge is 0.497 e. The summed E-state index contributed by atoms with van der Waals surface area (Å²) in [6.07, 6.45) is 2.88. The van der Waals surface area contributed by atoms with Gasteiger partial charge in [-0.2, -0.15) is 0 Å². The highest BCUT2D eigenvalue weighted by Gasteiger charge is 2.23. The van der Waals surface area contributed by atoms with Crippen LogP contribution in [0.2, 0.25) is 0 Å². The van der Waals surface area contributed by atoms with Crippen LogP contribution in [-0.4, -0.2) is 32.1 Å². The number of methoxy groups -OCH3 is 1. The van der Waals surface area contributed by atoms with Crippen molar-refractivity contribution < 1.29 is 9.53 Å². The topological polar surface area (TPSA) is 50.4 Å². The van der Waals surface area contributed by atoms with Crippen LogP contribution >= 0.6 is 0 Å². The summed E-state index contributed by atoms with van der Waals surface area (Å²) in [5.41, 5.74) is 1.27. The minimum absolute atomic E-state index is 0.151. The second-order valence-corrected chi connectivity index (χ2v) is 5.49. The third-order valence-corrected chi connectivity index (χ3v) is 3.84. The fourth-order valence-electron chi connectivity index (χ4n) is 2.49. The zero-order chi connectivity index (χ0) is 14.4. The molecule has 2 unspecified atom stereocenters. The Bertz CT molecular complexity index is 425. The van der Waals surface area contributed by atoms with Gasteiger partial charge in [-0.15, -0.1) is 0 Å². The Balaban J connectivity index is 1.73. The molecule has 2 atom stereocenters. The molecule has 0 spiro atoms. The van der Waals surface area contributed by atoms with Gasteiger partial charge < -0.3 is 15.4 Å². The van der Waals surface area contributed by atoms with Crippen molar-refractivity contribution in [1.82, 2.24) is 10.6 Å². The van der Waals surface area contributed by atoms with Gasteiger partial charge in [0.25, 0.3) is 0 Å². The van der Waals surface area contributed by atoms with Crippen LogP contribution in [0.3, 0.4) is 0 Å². The first kappa shape index (κ1) is 14.9. The summed E-state index contributed by atoms with van der Waals surface area (Å²) in [6, 6.07) is 8.32. The van der Waals surface area contributed by atoms with Crippen molar-refractivity contribution in [3.63, 3.8) is 0 Å². The molecule has 110 valence electrons. The first-order valence-electron chi connectivity index (χ1n) is 7.33. The average molecular weight is 276 g/mol. The van der Waals surface area contributed by atoms with Gasteiger partial charge in [0.1, 0.15) is 5.75 Å². The monoisotopic (exact) mass is 276 g/mol.